The van der Waals surface area contributed by atoms with Gasteiger partial charge in [-0.1, -0.05) is 22.4 Å². The summed E-state index contributed by atoms with van der Waals surface area (Å²) in [7, 11) is 0. The summed E-state index contributed by atoms with van der Waals surface area (Å²) in [6.45, 7) is 0. The zero-order valence-corrected chi connectivity index (χ0v) is 12.5. The van der Waals surface area contributed by atoms with Crippen molar-refractivity contribution in [2.24, 2.45) is 5.92 Å². The molecule has 0 aromatic carbocycles. The van der Waals surface area contributed by atoms with E-state index in [9.17, 15) is 4.79 Å². The molecule has 1 saturated carbocycles. The molecule has 1 aliphatic rings. The molecule has 0 saturated heterocycles. The molecular formula is C12H14Br2N2O. The van der Waals surface area contributed by atoms with Crippen LogP contribution < -0.4 is 5.32 Å². The van der Waals surface area contributed by atoms with Crippen molar-refractivity contribution in [3.63, 3.8) is 0 Å². The molecule has 1 aromatic heterocycles. The minimum atomic E-state index is -0.0737. The summed E-state index contributed by atoms with van der Waals surface area (Å²) in [5.41, 5.74) is 0.480. The number of nitrogens with zero attached hydrogens (tertiary/aromatic N) is 1. The Morgan fingerprint density at radius 1 is 1.47 bits per heavy atom. The zero-order valence-electron chi connectivity index (χ0n) is 9.33. The SMILES string of the molecule is O=C(NC1CCCC1CBr)c1ccc(Br)cn1. The molecule has 2 atom stereocenters. The van der Waals surface area contributed by atoms with Crippen molar-refractivity contribution in [2.45, 2.75) is 25.3 Å². The third-order valence-corrected chi connectivity index (χ3v) is 4.43. The Morgan fingerprint density at radius 3 is 2.94 bits per heavy atom. The van der Waals surface area contributed by atoms with Gasteiger partial charge < -0.3 is 5.32 Å². The average Bonchev–Trinajstić information content (AvgIpc) is 2.77. The molecule has 0 radical (unpaired) electrons. The highest BCUT2D eigenvalue weighted by Gasteiger charge is 2.27. The first-order chi connectivity index (χ1) is 8.20. The van der Waals surface area contributed by atoms with Gasteiger partial charge in [0.05, 0.1) is 0 Å². The van der Waals surface area contributed by atoms with Crippen LogP contribution in [0.4, 0.5) is 0 Å². The molecule has 1 N–H and O–H groups in total. The molecule has 1 amide bonds. The Labute approximate surface area is 118 Å². The number of rotatable bonds is 3. The fourth-order valence-electron chi connectivity index (χ4n) is 2.16. The molecule has 5 heteroatoms. The highest BCUT2D eigenvalue weighted by Crippen LogP contribution is 2.27. The lowest BCUT2D eigenvalue weighted by atomic mass is 10.1. The topological polar surface area (TPSA) is 42.0 Å². The fourth-order valence-corrected chi connectivity index (χ4v) is 3.17. The molecule has 17 heavy (non-hydrogen) atoms. The van der Waals surface area contributed by atoms with E-state index in [2.05, 4.69) is 42.2 Å². The molecule has 92 valence electrons. The van der Waals surface area contributed by atoms with Crippen LogP contribution in [-0.2, 0) is 0 Å². The van der Waals surface area contributed by atoms with Gasteiger partial charge in [0.2, 0.25) is 0 Å². The summed E-state index contributed by atoms with van der Waals surface area (Å²) in [4.78, 5) is 16.1. The van der Waals surface area contributed by atoms with Gasteiger partial charge >= 0.3 is 0 Å². The molecule has 0 bridgehead atoms. The van der Waals surface area contributed by atoms with Crippen LogP contribution in [0.25, 0.3) is 0 Å². The summed E-state index contributed by atoms with van der Waals surface area (Å²) in [5, 5.41) is 4.02. The third kappa shape index (κ3) is 3.28. The average molecular weight is 362 g/mol. The van der Waals surface area contributed by atoms with Crippen molar-refractivity contribution in [3.8, 4) is 0 Å². The number of carbonyl (C=O) groups is 1. The van der Waals surface area contributed by atoms with Crippen LogP contribution in [0.5, 0.6) is 0 Å². The van der Waals surface area contributed by atoms with Gasteiger partial charge in [0, 0.05) is 22.0 Å². The maximum absolute atomic E-state index is 12.0. The standard InChI is InChI=1S/C12H14Br2N2O/c13-6-8-2-1-3-10(8)16-12(17)11-5-4-9(14)7-15-11/h4-5,7-8,10H,1-3,6H2,(H,16,17). The van der Waals surface area contributed by atoms with Crippen LogP contribution in [0.2, 0.25) is 0 Å². The van der Waals surface area contributed by atoms with E-state index >= 15 is 0 Å². The Hall–Kier alpha value is -0.420. The van der Waals surface area contributed by atoms with Crippen LogP contribution in [0.15, 0.2) is 22.8 Å². The highest BCUT2D eigenvalue weighted by atomic mass is 79.9. The second kappa shape index (κ2) is 5.96. The fraction of sp³-hybridized carbons (Fsp3) is 0.500. The van der Waals surface area contributed by atoms with Crippen molar-refractivity contribution >= 4 is 37.8 Å². The number of carbonyl (C=O) groups excluding carboxylic acids is 1. The van der Waals surface area contributed by atoms with Crippen molar-refractivity contribution < 1.29 is 4.79 Å². The maximum Gasteiger partial charge on any atom is 0.270 e. The molecule has 2 rings (SSSR count). The largest absolute Gasteiger partial charge is 0.348 e. The van der Waals surface area contributed by atoms with E-state index < -0.39 is 0 Å². The quantitative estimate of drug-likeness (QED) is 0.840. The Balaban J connectivity index is 1.99. The van der Waals surface area contributed by atoms with Crippen molar-refractivity contribution in [1.29, 1.82) is 0 Å². The minimum Gasteiger partial charge on any atom is -0.348 e. The number of nitrogens with one attached hydrogen (secondary N) is 1. The first-order valence-corrected chi connectivity index (χ1v) is 7.60. The van der Waals surface area contributed by atoms with Crippen molar-refractivity contribution in [3.05, 3.63) is 28.5 Å². The lowest BCUT2D eigenvalue weighted by Crippen LogP contribution is -2.38. The van der Waals surface area contributed by atoms with Crippen LogP contribution in [-0.4, -0.2) is 22.3 Å². The summed E-state index contributed by atoms with van der Waals surface area (Å²) in [6, 6.07) is 3.85. The second-order valence-electron chi connectivity index (χ2n) is 4.29. The minimum absolute atomic E-state index is 0.0737. The molecule has 1 fully saturated rings. The first-order valence-electron chi connectivity index (χ1n) is 5.69. The lowest BCUT2D eigenvalue weighted by Gasteiger charge is -2.18. The van der Waals surface area contributed by atoms with Crippen LogP contribution >= 0.6 is 31.9 Å². The molecular weight excluding hydrogens is 348 g/mol. The van der Waals surface area contributed by atoms with E-state index in [1.54, 1.807) is 12.3 Å². The molecule has 0 aliphatic heterocycles. The molecule has 3 nitrogen and oxygen atoms in total. The van der Waals surface area contributed by atoms with E-state index in [0.29, 0.717) is 11.6 Å². The van der Waals surface area contributed by atoms with Gasteiger partial charge in [0.25, 0.3) is 5.91 Å². The monoisotopic (exact) mass is 360 g/mol. The lowest BCUT2D eigenvalue weighted by molar-refractivity contribution is 0.0925. The van der Waals surface area contributed by atoms with Crippen molar-refractivity contribution in [2.75, 3.05) is 5.33 Å². The van der Waals surface area contributed by atoms with E-state index in [-0.39, 0.29) is 11.9 Å². The number of alkyl halides is 1. The van der Waals surface area contributed by atoms with Gasteiger partial charge in [-0.15, -0.1) is 0 Å². The summed E-state index contributed by atoms with van der Waals surface area (Å²) >= 11 is 6.80. The second-order valence-corrected chi connectivity index (χ2v) is 5.85. The van der Waals surface area contributed by atoms with Crippen molar-refractivity contribution in [1.82, 2.24) is 10.3 Å². The van der Waals surface area contributed by atoms with Crippen LogP contribution in [0.3, 0.4) is 0 Å². The number of hydrogen-bond donors (Lipinski definition) is 1. The molecule has 1 aliphatic carbocycles. The van der Waals surface area contributed by atoms with E-state index in [1.807, 2.05) is 6.07 Å². The summed E-state index contributed by atoms with van der Waals surface area (Å²) in [5.74, 6) is 0.477. The number of pyridine rings is 1. The van der Waals surface area contributed by atoms with E-state index in [4.69, 9.17) is 0 Å². The van der Waals surface area contributed by atoms with Gasteiger partial charge in [0.15, 0.2) is 0 Å². The van der Waals surface area contributed by atoms with Crippen LogP contribution in [0.1, 0.15) is 29.8 Å². The third-order valence-electron chi connectivity index (χ3n) is 3.13. The van der Waals surface area contributed by atoms with Crippen LogP contribution in [0, 0.1) is 5.92 Å². The van der Waals surface area contributed by atoms with Gasteiger partial charge in [-0.05, 0) is 46.8 Å². The molecule has 2 unspecified atom stereocenters. The normalized spacial score (nSPS) is 23.6. The zero-order chi connectivity index (χ0) is 12.3. The Bertz CT molecular complexity index is 394. The predicted molar refractivity (Wildman–Crippen MR) is 74.3 cm³/mol. The Kier molecular flexibility index (Phi) is 4.56. The van der Waals surface area contributed by atoms with Gasteiger partial charge in [-0.25, -0.2) is 4.98 Å². The van der Waals surface area contributed by atoms with E-state index in [1.165, 1.54) is 12.8 Å². The number of aromatic nitrogens is 1. The van der Waals surface area contributed by atoms with Gasteiger partial charge in [-0.2, -0.15) is 0 Å². The number of halogens is 2. The van der Waals surface area contributed by atoms with E-state index in [0.717, 1.165) is 16.2 Å². The summed E-state index contributed by atoms with van der Waals surface area (Å²) in [6.07, 6.45) is 5.09. The molecule has 1 heterocycles. The number of amides is 1. The molecule has 1 aromatic rings. The molecule has 0 spiro atoms. The van der Waals surface area contributed by atoms with Gasteiger partial charge in [-0.3, -0.25) is 4.79 Å². The highest BCUT2D eigenvalue weighted by molar-refractivity contribution is 9.10. The summed E-state index contributed by atoms with van der Waals surface area (Å²) < 4.78 is 0.883. The smallest absolute Gasteiger partial charge is 0.270 e. The number of hydrogen-bond acceptors (Lipinski definition) is 2. The first kappa shape index (κ1) is 13.0. The predicted octanol–water partition coefficient (Wildman–Crippen LogP) is 3.14. The van der Waals surface area contributed by atoms with Gasteiger partial charge in [0.1, 0.15) is 5.69 Å². The maximum atomic E-state index is 12.0. The Morgan fingerprint density at radius 2 is 2.29 bits per heavy atom.